The van der Waals surface area contributed by atoms with Crippen molar-refractivity contribution in [2.24, 2.45) is 7.05 Å². The summed E-state index contributed by atoms with van der Waals surface area (Å²) in [5, 5.41) is 9.87. The summed E-state index contributed by atoms with van der Waals surface area (Å²) in [6.07, 6.45) is 0. The average Bonchev–Trinajstić information content (AvgIpc) is 2.82. The molecule has 0 aliphatic rings. The Labute approximate surface area is 119 Å². The van der Waals surface area contributed by atoms with E-state index in [-0.39, 0.29) is 0 Å². The molecule has 0 unspecified atom stereocenters. The van der Waals surface area contributed by atoms with Gasteiger partial charge in [-0.25, -0.2) is 0 Å². The lowest BCUT2D eigenvalue weighted by Crippen LogP contribution is -2.05. The van der Waals surface area contributed by atoms with E-state index in [1.54, 1.807) is 11.3 Å². The highest BCUT2D eigenvalue weighted by molar-refractivity contribution is 9.10. The number of aromatic nitrogens is 2. The van der Waals surface area contributed by atoms with Crippen LogP contribution in [0.3, 0.4) is 0 Å². The summed E-state index contributed by atoms with van der Waals surface area (Å²) in [5.74, 6) is 1.23. The molecule has 0 aliphatic heterocycles. The van der Waals surface area contributed by atoms with E-state index >= 15 is 0 Å². The first-order chi connectivity index (χ1) is 8.49. The molecule has 0 aromatic carbocycles. The van der Waals surface area contributed by atoms with E-state index in [0.717, 1.165) is 28.2 Å². The molecule has 18 heavy (non-hydrogen) atoms. The summed E-state index contributed by atoms with van der Waals surface area (Å²) in [4.78, 5) is 1.26. The van der Waals surface area contributed by atoms with Crippen molar-refractivity contribution in [3.8, 4) is 0 Å². The molecular formula is C12H17BrN4S. The molecule has 0 bridgehead atoms. The molecule has 0 spiro atoms. The smallest absolute Gasteiger partial charge is 0.148 e. The lowest BCUT2D eigenvalue weighted by molar-refractivity contribution is 0.715. The van der Waals surface area contributed by atoms with E-state index in [2.05, 4.69) is 51.6 Å². The fourth-order valence-corrected chi connectivity index (χ4v) is 3.21. The molecule has 2 aromatic rings. The number of nitrogens with one attached hydrogen (secondary N) is 1. The molecule has 0 radical (unpaired) electrons. The topological polar surface area (TPSA) is 55.9 Å². The van der Waals surface area contributed by atoms with E-state index in [1.165, 1.54) is 4.88 Å². The quantitative estimate of drug-likeness (QED) is 0.902. The maximum absolute atomic E-state index is 6.12. The number of nitrogen functional groups attached to an aromatic ring is 1. The van der Waals surface area contributed by atoms with Crippen LogP contribution in [-0.4, -0.2) is 9.78 Å². The molecule has 0 atom stereocenters. The minimum absolute atomic E-state index is 0.336. The second-order valence-electron chi connectivity index (χ2n) is 4.51. The average molecular weight is 329 g/mol. The molecular weight excluding hydrogens is 312 g/mol. The summed E-state index contributed by atoms with van der Waals surface area (Å²) in [5.41, 5.74) is 7.83. The molecule has 0 aliphatic carbocycles. The summed E-state index contributed by atoms with van der Waals surface area (Å²) < 4.78 is 2.93. The fourth-order valence-electron chi connectivity index (χ4n) is 1.81. The van der Waals surface area contributed by atoms with Crippen molar-refractivity contribution < 1.29 is 0 Å². The van der Waals surface area contributed by atoms with Crippen LogP contribution in [0.5, 0.6) is 0 Å². The summed E-state index contributed by atoms with van der Waals surface area (Å²) in [6, 6.07) is 2.10. The van der Waals surface area contributed by atoms with Gasteiger partial charge < -0.3 is 11.1 Å². The number of hydrogen-bond acceptors (Lipinski definition) is 4. The molecule has 2 aromatic heterocycles. The van der Waals surface area contributed by atoms with Crippen LogP contribution < -0.4 is 11.1 Å². The van der Waals surface area contributed by atoms with E-state index in [1.807, 2.05) is 11.7 Å². The van der Waals surface area contributed by atoms with E-state index in [9.17, 15) is 0 Å². The van der Waals surface area contributed by atoms with Gasteiger partial charge in [0.2, 0.25) is 0 Å². The van der Waals surface area contributed by atoms with Gasteiger partial charge in [-0.2, -0.15) is 5.10 Å². The third-order valence-electron chi connectivity index (χ3n) is 2.71. The van der Waals surface area contributed by atoms with Crippen molar-refractivity contribution in [3.05, 3.63) is 26.5 Å². The zero-order chi connectivity index (χ0) is 13.3. The van der Waals surface area contributed by atoms with Gasteiger partial charge in [-0.3, -0.25) is 4.68 Å². The van der Waals surface area contributed by atoms with Gasteiger partial charge in [0.25, 0.3) is 0 Å². The van der Waals surface area contributed by atoms with Crippen LogP contribution >= 0.6 is 27.3 Å². The van der Waals surface area contributed by atoms with Gasteiger partial charge in [0.15, 0.2) is 0 Å². The van der Waals surface area contributed by atoms with E-state index in [4.69, 9.17) is 5.73 Å². The Balaban J connectivity index is 2.14. The second-order valence-corrected chi connectivity index (χ2v) is 6.42. The number of anilines is 2. The van der Waals surface area contributed by atoms with Crippen LogP contribution in [0.4, 0.5) is 11.5 Å². The molecule has 0 fully saturated rings. The molecule has 4 nitrogen and oxygen atoms in total. The minimum Gasteiger partial charge on any atom is -0.394 e. The Morgan fingerprint density at radius 2 is 2.28 bits per heavy atom. The number of halogens is 1. The number of nitrogens with zero attached hydrogens (tertiary/aromatic N) is 2. The predicted octanol–water partition coefficient (Wildman–Crippen LogP) is 3.56. The molecule has 2 rings (SSSR count). The van der Waals surface area contributed by atoms with Crippen molar-refractivity contribution in [1.82, 2.24) is 9.78 Å². The van der Waals surface area contributed by atoms with Gasteiger partial charge in [-0.15, -0.1) is 11.3 Å². The monoisotopic (exact) mass is 328 g/mol. The van der Waals surface area contributed by atoms with Crippen LogP contribution in [-0.2, 0) is 13.6 Å². The zero-order valence-corrected chi connectivity index (χ0v) is 13.1. The van der Waals surface area contributed by atoms with Gasteiger partial charge in [-0.1, -0.05) is 13.8 Å². The zero-order valence-electron chi connectivity index (χ0n) is 10.7. The van der Waals surface area contributed by atoms with Crippen molar-refractivity contribution >= 4 is 38.8 Å². The lowest BCUT2D eigenvalue weighted by atomic mass is 10.1. The number of hydrogen-bond donors (Lipinski definition) is 2. The summed E-state index contributed by atoms with van der Waals surface area (Å²) >= 11 is 5.16. The third-order valence-corrected chi connectivity index (χ3v) is 4.41. The highest BCUT2D eigenvalue weighted by Crippen LogP contribution is 2.28. The third kappa shape index (κ3) is 2.70. The molecule has 3 N–H and O–H groups in total. The standard InChI is InChI=1S/C12H17BrN4S/c1-7(2)11-10(14)12(17(3)16-11)15-5-9-4-8(13)6-18-9/h4,6-7,15H,5,14H2,1-3H3. The lowest BCUT2D eigenvalue weighted by Gasteiger charge is -2.06. The molecule has 98 valence electrons. The van der Waals surface area contributed by atoms with E-state index < -0.39 is 0 Å². The van der Waals surface area contributed by atoms with Gasteiger partial charge in [0.05, 0.1) is 17.9 Å². The van der Waals surface area contributed by atoms with Crippen molar-refractivity contribution in [3.63, 3.8) is 0 Å². The molecule has 0 amide bonds. The molecule has 6 heteroatoms. The fraction of sp³-hybridized carbons (Fsp3) is 0.417. The number of thiophene rings is 1. The van der Waals surface area contributed by atoms with Crippen LogP contribution in [0.1, 0.15) is 30.3 Å². The van der Waals surface area contributed by atoms with Gasteiger partial charge >= 0.3 is 0 Å². The Hall–Kier alpha value is -1.01. The minimum atomic E-state index is 0.336. The number of aryl methyl sites for hydroxylation is 1. The first kappa shape index (κ1) is 13.4. The molecule has 0 saturated heterocycles. The summed E-state index contributed by atoms with van der Waals surface area (Å²) in [7, 11) is 1.91. The van der Waals surface area contributed by atoms with Crippen molar-refractivity contribution in [2.75, 3.05) is 11.1 Å². The van der Waals surface area contributed by atoms with Gasteiger partial charge in [0.1, 0.15) is 5.82 Å². The van der Waals surface area contributed by atoms with Crippen LogP contribution in [0.25, 0.3) is 0 Å². The summed E-state index contributed by atoms with van der Waals surface area (Å²) in [6.45, 7) is 4.95. The first-order valence-corrected chi connectivity index (χ1v) is 7.45. The highest BCUT2D eigenvalue weighted by atomic mass is 79.9. The maximum Gasteiger partial charge on any atom is 0.148 e. The second kappa shape index (κ2) is 5.32. The predicted molar refractivity (Wildman–Crippen MR) is 81.1 cm³/mol. The first-order valence-electron chi connectivity index (χ1n) is 5.78. The molecule has 0 saturated carbocycles. The van der Waals surface area contributed by atoms with Gasteiger partial charge in [0, 0.05) is 21.8 Å². The Bertz CT molecular complexity index is 544. The normalized spacial score (nSPS) is 11.2. The number of nitrogens with two attached hydrogens (primary N) is 1. The van der Waals surface area contributed by atoms with Crippen LogP contribution in [0.15, 0.2) is 15.9 Å². The van der Waals surface area contributed by atoms with Crippen LogP contribution in [0.2, 0.25) is 0 Å². The number of rotatable bonds is 4. The molecule has 2 heterocycles. The van der Waals surface area contributed by atoms with Crippen LogP contribution in [0, 0.1) is 0 Å². The highest BCUT2D eigenvalue weighted by Gasteiger charge is 2.15. The van der Waals surface area contributed by atoms with Crippen molar-refractivity contribution in [1.29, 1.82) is 0 Å². The van der Waals surface area contributed by atoms with E-state index in [0.29, 0.717) is 5.92 Å². The SMILES string of the molecule is CC(C)c1nn(C)c(NCc2cc(Br)cs2)c1N. The van der Waals surface area contributed by atoms with Crippen molar-refractivity contribution in [2.45, 2.75) is 26.3 Å². The largest absolute Gasteiger partial charge is 0.394 e. The van der Waals surface area contributed by atoms with Gasteiger partial charge in [-0.05, 0) is 27.9 Å². The Kier molecular flexibility index (Phi) is 3.97. The Morgan fingerprint density at radius 1 is 1.56 bits per heavy atom. The Morgan fingerprint density at radius 3 is 2.78 bits per heavy atom. The maximum atomic E-state index is 6.12.